The number of anilines is 1. The molecule has 2 heterocycles. The van der Waals surface area contributed by atoms with Crippen LogP contribution in [0, 0.1) is 0 Å². The maximum absolute atomic E-state index is 13.0. The predicted molar refractivity (Wildman–Crippen MR) is 141 cm³/mol. The van der Waals surface area contributed by atoms with Gasteiger partial charge in [0.25, 0.3) is 11.8 Å². The highest BCUT2D eigenvalue weighted by Gasteiger charge is 2.35. The minimum atomic E-state index is -0.707. The van der Waals surface area contributed by atoms with Crippen molar-refractivity contribution in [1.29, 1.82) is 0 Å². The highest BCUT2D eigenvalue weighted by Crippen LogP contribution is 2.36. The summed E-state index contributed by atoms with van der Waals surface area (Å²) >= 11 is 12.1. The molecule has 3 aromatic rings. The number of amides is 4. The van der Waals surface area contributed by atoms with Crippen LogP contribution in [-0.2, 0) is 20.9 Å². The Hall–Kier alpha value is -4.48. The van der Waals surface area contributed by atoms with E-state index >= 15 is 0 Å². The normalized spacial score (nSPS) is 13.8. The second-order valence-electron chi connectivity index (χ2n) is 8.01. The van der Waals surface area contributed by atoms with Crippen LogP contribution in [0.25, 0.3) is 6.08 Å². The first-order valence-corrected chi connectivity index (χ1v) is 12.0. The summed E-state index contributed by atoms with van der Waals surface area (Å²) in [5, 5.41) is 5.94. The summed E-state index contributed by atoms with van der Waals surface area (Å²) in [5.41, 5.74) is 0.711. The van der Waals surface area contributed by atoms with E-state index < -0.39 is 30.4 Å². The summed E-state index contributed by atoms with van der Waals surface area (Å²) in [5.74, 6) is -1.37. The van der Waals surface area contributed by atoms with Crippen LogP contribution in [0.4, 0.5) is 10.5 Å². The van der Waals surface area contributed by atoms with Crippen LogP contribution >= 0.6 is 23.2 Å². The lowest BCUT2D eigenvalue weighted by Gasteiger charge is -2.14. The lowest BCUT2D eigenvalue weighted by Crippen LogP contribution is -2.30. The number of hydrogen-bond donors (Lipinski definition) is 2. The number of halogens is 2. The molecule has 1 aliphatic rings. The second-order valence-corrected chi connectivity index (χ2v) is 8.88. The van der Waals surface area contributed by atoms with Crippen LogP contribution in [-0.4, -0.2) is 49.5 Å². The molecular weight excluding hydrogens is 553 g/mol. The smallest absolute Gasteiger partial charge is 0.373 e. The minimum absolute atomic E-state index is 0.0665. The van der Waals surface area contributed by atoms with E-state index in [1.165, 1.54) is 44.6 Å². The maximum Gasteiger partial charge on any atom is 0.373 e. The van der Waals surface area contributed by atoms with Crippen molar-refractivity contribution in [1.82, 2.24) is 10.2 Å². The number of hydrogen-bond acceptors (Lipinski definition) is 8. The van der Waals surface area contributed by atoms with Gasteiger partial charge in [-0.2, -0.15) is 0 Å². The van der Waals surface area contributed by atoms with Gasteiger partial charge < -0.3 is 29.3 Å². The van der Waals surface area contributed by atoms with Gasteiger partial charge >= 0.3 is 12.0 Å². The maximum atomic E-state index is 13.0. The van der Waals surface area contributed by atoms with E-state index in [0.717, 1.165) is 4.90 Å². The molecule has 1 fully saturated rings. The fourth-order valence-electron chi connectivity index (χ4n) is 3.57. The lowest BCUT2D eigenvalue weighted by atomic mass is 10.1. The second kappa shape index (κ2) is 11.9. The largest absolute Gasteiger partial charge is 0.493 e. The van der Waals surface area contributed by atoms with Gasteiger partial charge in [0.15, 0.2) is 18.1 Å². The molecule has 202 valence electrons. The van der Waals surface area contributed by atoms with Gasteiger partial charge in [-0.15, -0.1) is 0 Å². The summed E-state index contributed by atoms with van der Waals surface area (Å²) in [6.07, 6.45) is 1.35. The molecule has 4 rings (SSSR count). The fourth-order valence-corrected chi connectivity index (χ4v) is 3.91. The number of imide groups is 1. The zero-order valence-corrected chi connectivity index (χ0v) is 22.1. The SMILES string of the molecule is COC(=O)c1ccc(CN2C(=O)N/C(=C\c3cc(Cl)cc(OC)c3OCC(=O)Nc3ccc(Cl)cc3)C2=O)o1. The van der Waals surface area contributed by atoms with Gasteiger partial charge in [-0.05, 0) is 48.5 Å². The first-order valence-electron chi connectivity index (χ1n) is 11.3. The zero-order valence-electron chi connectivity index (χ0n) is 20.6. The first-order chi connectivity index (χ1) is 18.7. The van der Waals surface area contributed by atoms with Crippen molar-refractivity contribution >= 4 is 58.8 Å². The van der Waals surface area contributed by atoms with Gasteiger partial charge in [-0.25, -0.2) is 9.59 Å². The highest BCUT2D eigenvalue weighted by atomic mass is 35.5. The number of methoxy groups -OCH3 is 2. The van der Waals surface area contributed by atoms with Crippen LogP contribution in [0.2, 0.25) is 10.0 Å². The zero-order chi connectivity index (χ0) is 28.1. The average molecular weight is 574 g/mol. The van der Waals surface area contributed by atoms with Crippen LogP contribution < -0.4 is 20.1 Å². The number of ether oxygens (including phenoxy) is 3. The van der Waals surface area contributed by atoms with Gasteiger partial charge in [0, 0.05) is 27.4 Å². The van der Waals surface area contributed by atoms with Gasteiger partial charge in [0.05, 0.1) is 20.8 Å². The monoisotopic (exact) mass is 573 g/mol. The molecule has 0 aliphatic carbocycles. The number of esters is 1. The van der Waals surface area contributed by atoms with Crippen molar-refractivity contribution < 1.29 is 37.8 Å². The number of nitrogens with one attached hydrogen (secondary N) is 2. The molecule has 0 radical (unpaired) electrons. The van der Waals surface area contributed by atoms with Crippen molar-refractivity contribution in [2.45, 2.75) is 6.54 Å². The first kappa shape index (κ1) is 27.6. The molecule has 11 nitrogen and oxygen atoms in total. The highest BCUT2D eigenvalue weighted by molar-refractivity contribution is 6.31. The lowest BCUT2D eigenvalue weighted by molar-refractivity contribution is -0.123. The predicted octanol–water partition coefficient (Wildman–Crippen LogP) is 4.49. The Bertz CT molecular complexity index is 1470. The molecule has 0 bridgehead atoms. The summed E-state index contributed by atoms with van der Waals surface area (Å²) < 4.78 is 21.0. The molecule has 1 saturated heterocycles. The van der Waals surface area contributed by atoms with E-state index in [9.17, 15) is 19.2 Å². The molecule has 39 heavy (non-hydrogen) atoms. The number of rotatable bonds is 9. The van der Waals surface area contributed by atoms with Crippen LogP contribution in [0.3, 0.4) is 0 Å². The molecule has 0 unspecified atom stereocenters. The number of urea groups is 1. The van der Waals surface area contributed by atoms with Crippen LogP contribution in [0.5, 0.6) is 11.5 Å². The van der Waals surface area contributed by atoms with Gasteiger partial charge in [0.2, 0.25) is 5.76 Å². The number of benzene rings is 2. The Kier molecular flexibility index (Phi) is 8.43. The summed E-state index contributed by atoms with van der Waals surface area (Å²) in [6.45, 7) is -0.629. The molecule has 13 heteroatoms. The van der Waals surface area contributed by atoms with Gasteiger partial charge in [-0.3, -0.25) is 14.5 Å². The van der Waals surface area contributed by atoms with Crippen molar-refractivity contribution in [3.8, 4) is 11.5 Å². The molecule has 1 aliphatic heterocycles. The third-order valence-corrected chi connectivity index (χ3v) is 5.84. The Morgan fingerprint density at radius 1 is 1.05 bits per heavy atom. The minimum Gasteiger partial charge on any atom is -0.493 e. The number of carbonyl (C=O) groups is 4. The number of furan rings is 1. The van der Waals surface area contributed by atoms with Crippen molar-refractivity contribution in [2.75, 3.05) is 26.1 Å². The molecule has 4 amide bonds. The Labute approximate surface area is 232 Å². The molecule has 2 N–H and O–H groups in total. The van der Waals surface area contributed by atoms with Crippen molar-refractivity contribution in [3.05, 3.63) is 81.4 Å². The van der Waals surface area contributed by atoms with E-state index in [4.69, 9.17) is 37.1 Å². The summed E-state index contributed by atoms with van der Waals surface area (Å²) in [4.78, 5) is 50.5. The molecule has 0 saturated carbocycles. The fraction of sp³-hybridized carbons (Fsp3) is 0.154. The van der Waals surface area contributed by atoms with Crippen molar-refractivity contribution in [3.63, 3.8) is 0 Å². The molecule has 0 spiro atoms. The Morgan fingerprint density at radius 3 is 2.49 bits per heavy atom. The summed E-state index contributed by atoms with van der Waals surface area (Å²) in [7, 11) is 2.59. The Balaban J connectivity index is 1.53. The third kappa shape index (κ3) is 6.51. The molecule has 0 atom stereocenters. The van der Waals surface area contributed by atoms with E-state index in [-0.39, 0.29) is 45.8 Å². The topological polar surface area (TPSA) is 136 Å². The van der Waals surface area contributed by atoms with E-state index in [0.29, 0.717) is 10.7 Å². The number of carbonyl (C=O) groups excluding carboxylic acids is 4. The quantitative estimate of drug-likeness (QED) is 0.217. The van der Waals surface area contributed by atoms with E-state index in [1.807, 2.05) is 0 Å². The van der Waals surface area contributed by atoms with E-state index in [1.54, 1.807) is 24.3 Å². The van der Waals surface area contributed by atoms with E-state index in [2.05, 4.69) is 15.4 Å². The molecular formula is C26H21Cl2N3O8. The van der Waals surface area contributed by atoms with Crippen LogP contribution in [0.15, 0.2) is 58.6 Å². The standard InChI is InChI=1S/C26H21Cl2N3O8/c1-36-21-11-16(28)9-14(23(21)38-13-22(32)29-17-5-3-15(27)4-6-17)10-19-24(33)31(26(35)30-19)12-18-7-8-20(39-18)25(34)37-2/h3-11H,12-13H2,1-2H3,(H,29,32)(H,30,35)/b19-10-. The molecule has 1 aromatic heterocycles. The van der Waals surface area contributed by atoms with Crippen LogP contribution in [0.1, 0.15) is 21.9 Å². The molecule has 2 aromatic carbocycles. The van der Waals surface area contributed by atoms with Crippen molar-refractivity contribution in [2.24, 2.45) is 0 Å². The average Bonchev–Trinajstić information content (AvgIpc) is 3.49. The number of nitrogens with zero attached hydrogens (tertiary/aromatic N) is 1. The Morgan fingerprint density at radius 2 is 1.79 bits per heavy atom. The summed E-state index contributed by atoms with van der Waals surface area (Å²) in [6, 6.07) is 11.6. The van der Waals surface area contributed by atoms with Gasteiger partial charge in [-0.1, -0.05) is 23.2 Å². The third-order valence-electron chi connectivity index (χ3n) is 5.37. The van der Waals surface area contributed by atoms with Gasteiger partial charge in [0.1, 0.15) is 11.5 Å².